The number of carbonyl (C=O) groups is 1. The van der Waals surface area contributed by atoms with Crippen LogP contribution in [0.2, 0.25) is 0 Å². The van der Waals surface area contributed by atoms with Crippen molar-refractivity contribution in [3.05, 3.63) is 34.3 Å². The second-order valence-electron chi connectivity index (χ2n) is 4.21. The number of amides is 1. The van der Waals surface area contributed by atoms with Crippen molar-refractivity contribution in [2.45, 2.75) is 18.9 Å². The minimum Gasteiger partial charge on any atom is -0.349 e. The van der Waals surface area contributed by atoms with E-state index < -0.39 is 0 Å². The van der Waals surface area contributed by atoms with Crippen molar-refractivity contribution in [3.8, 4) is 0 Å². The fourth-order valence-corrected chi connectivity index (χ4v) is 2.35. The maximum absolute atomic E-state index is 11.5. The summed E-state index contributed by atoms with van der Waals surface area (Å²) in [6.07, 6.45) is 1.49. The van der Waals surface area contributed by atoms with Gasteiger partial charge in [-0.15, -0.1) is 0 Å². The van der Waals surface area contributed by atoms with E-state index in [2.05, 4.69) is 21.2 Å². The van der Waals surface area contributed by atoms with Crippen LogP contribution in [0.4, 0.5) is 0 Å². The molecule has 0 saturated carbocycles. The number of hydrogen-bond donors (Lipinski definition) is 2. The first-order valence-electron chi connectivity index (χ1n) is 5.44. The van der Waals surface area contributed by atoms with Crippen molar-refractivity contribution in [3.63, 3.8) is 0 Å². The van der Waals surface area contributed by atoms with Crippen LogP contribution in [0.25, 0.3) is 0 Å². The van der Waals surface area contributed by atoms with Gasteiger partial charge in [0.15, 0.2) is 0 Å². The van der Waals surface area contributed by atoms with Crippen molar-refractivity contribution in [1.82, 2.24) is 5.32 Å². The van der Waals surface area contributed by atoms with Crippen LogP contribution in [0.5, 0.6) is 0 Å². The lowest BCUT2D eigenvalue weighted by Gasteiger charge is -2.29. The molecule has 3 N–H and O–H groups in total. The van der Waals surface area contributed by atoms with Crippen LogP contribution in [0.15, 0.2) is 28.7 Å². The molecule has 1 saturated heterocycles. The molecule has 1 aliphatic heterocycles. The summed E-state index contributed by atoms with van der Waals surface area (Å²) in [7, 11) is 0. The van der Waals surface area contributed by atoms with Gasteiger partial charge in [-0.3, -0.25) is 4.79 Å². The highest BCUT2D eigenvalue weighted by atomic mass is 79.9. The Bertz CT molecular complexity index is 377. The predicted molar refractivity (Wildman–Crippen MR) is 66.8 cm³/mol. The van der Waals surface area contributed by atoms with E-state index in [1.54, 1.807) is 0 Å². The van der Waals surface area contributed by atoms with Crippen molar-refractivity contribution < 1.29 is 4.79 Å². The van der Waals surface area contributed by atoms with E-state index in [1.807, 2.05) is 24.3 Å². The zero-order valence-corrected chi connectivity index (χ0v) is 10.5. The molecule has 0 radical (unpaired) electrons. The van der Waals surface area contributed by atoms with Gasteiger partial charge in [-0.25, -0.2) is 0 Å². The molecule has 16 heavy (non-hydrogen) atoms. The van der Waals surface area contributed by atoms with Crippen LogP contribution in [-0.4, -0.2) is 12.5 Å². The molecule has 86 valence electrons. The van der Waals surface area contributed by atoms with Crippen LogP contribution in [0.3, 0.4) is 0 Å². The Balaban J connectivity index is 2.14. The number of benzene rings is 1. The Hall–Kier alpha value is -0.870. The highest BCUT2D eigenvalue weighted by molar-refractivity contribution is 9.10. The third-order valence-electron chi connectivity index (χ3n) is 2.98. The fourth-order valence-electron chi connectivity index (χ4n) is 2.09. The monoisotopic (exact) mass is 282 g/mol. The molecule has 4 heteroatoms. The van der Waals surface area contributed by atoms with Crippen molar-refractivity contribution in [2.24, 2.45) is 11.7 Å². The molecule has 1 fully saturated rings. The molecule has 3 nitrogen and oxygen atoms in total. The topological polar surface area (TPSA) is 55.1 Å². The maximum Gasteiger partial charge on any atom is 0.220 e. The molecule has 0 bridgehead atoms. The van der Waals surface area contributed by atoms with Crippen LogP contribution in [-0.2, 0) is 4.79 Å². The second-order valence-corrected chi connectivity index (χ2v) is 5.13. The number of hydrogen-bond acceptors (Lipinski definition) is 2. The van der Waals surface area contributed by atoms with Gasteiger partial charge in [-0.05, 0) is 36.6 Å². The minimum absolute atomic E-state index is 0.106. The SMILES string of the molecule is NCC1CC(=O)NC(c2ccc(Br)cc2)C1. The molecule has 1 aliphatic rings. The van der Waals surface area contributed by atoms with Crippen molar-refractivity contribution >= 4 is 21.8 Å². The summed E-state index contributed by atoms with van der Waals surface area (Å²) in [4.78, 5) is 11.5. The molecule has 2 rings (SSSR count). The number of carbonyl (C=O) groups excluding carboxylic acids is 1. The summed E-state index contributed by atoms with van der Waals surface area (Å²) in [6, 6.07) is 8.17. The molecule has 1 aromatic rings. The highest BCUT2D eigenvalue weighted by Gasteiger charge is 2.26. The summed E-state index contributed by atoms with van der Waals surface area (Å²) in [6.45, 7) is 0.584. The van der Waals surface area contributed by atoms with Gasteiger partial charge in [-0.1, -0.05) is 28.1 Å². The van der Waals surface area contributed by atoms with Gasteiger partial charge in [0.05, 0.1) is 6.04 Å². The Morgan fingerprint density at radius 2 is 2.06 bits per heavy atom. The third-order valence-corrected chi connectivity index (χ3v) is 3.51. The smallest absolute Gasteiger partial charge is 0.220 e. The quantitative estimate of drug-likeness (QED) is 0.872. The van der Waals surface area contributed by atoms with Gasteiger partial charge in [0.1, 0.15) is 0 Å². The van der Waals surface area contributed by atoms with Crippen LogP contribution < -0.4 is 11.1 Å². The van der Waals surface area contributed by atoms with E-state index in [4.69, 9.17) is 5.73 Å². The van der Waals surface area contributed by atoms with Gasteiger partial charge < -0.3 is 11.1 Å². The number of piperidine rings is 1. The number of nitrogens with two attached hydrogens (primary N) is 1. The largest absolute Gasteiger partial charge is 0.349 e. The van der Waals surface area contributed by atoms with Crippen molar-refractivity contribution in [1.29, 1.82) is 0 Å². The summed E-state index contributed by atoms with van der Waals surface area (Å²) in [5, 5.41) is 3.01. The van der Waals surface area contributed by atoms with Gasteiger partial charge in [0, 0.05) is 10.9 Å². The van der Waals surface area contributed by atoms with Gasteiger partial charge >= 0.3 is 0 Å². The number of halogens is 1. The molecular weight excluding hydrogens is 268 g/mol. The van der Waals surface area contributed by atoms with Crippen molar-refractivity contribution in [2.75, 3.05) is 6.54 Å². The first-order chi connectivity index (χ1) is 7.69. The third kappa shape index (κ3) is 2.62. The molecule has 1 heterocycles. The van der Waals surface area contributed by atoms with Crippen LogP contribution in [0, 0.1) is 5.92 Å². The Kier molecular flexibility index (Phi) is 3.61. The summed E-state index contributed by atoms with van der Waals surface area (Å²) < 4.78 is 1.05. The molecule has 0 aromatic heterocycles. The first kappa shape index (κ1) is 11.6. The minimum atomic E-state index is 0.106. The van der Waals surface area contributed by atoms with E-state index in [9.17, 15) is 4.79 Å². The molecule has 1 aromatic carbocycles. The molecule has 0 aliphatic carbocycles. The van der Waals surface area contributed by atoms with Crippen LogP contribution in [0.1, 0.15) is 24.4 Å². The normalized spacial score (nSPS) is 25.2. The molecular formula is C12H15BrN2O. The summed E-state index contributed by atoms with van der Waals surface area (Å²) in [5.74, 6) is 0.414. The van der Waals surface area contributed by atoms with E-state index >= 15 is 0 Å². The Labute approximate surface area is 104 Å². The summed E-state index contributed by atoms with van der Waals surface area (Å²) >= 11 is 3.40. The summed E-state index contributed by atoms with van der Waals surface area (Å²) in [5.41, 5.74) is 6.79. The second kappa shape index (κ2) is 4.97. The number of rotatable bonds is 2. The lowest BCUT2D eigenvalue weighted by Crippen LogP contribution is -2.39. The standard InChI is InChI=1S/C12H15BrN2O/c13-10-3-1-9(2-4-10)11-5-8(7-14)6-12(16)15-11/h1-4,8,11H,5-7,14H2,(H,15,16). The highest BCUT2D eigenvalue weighted by Crippen LogP contribution is 2.27. The van der Waals surface area contributed by atoms with Crippen LogP contribution >= 0.6 is 15.9 Å². The average Bonchev–Trinajstić information content (AvgIpc) is 2.29. The fraction of sp³-hybridized carbons (Fsp3) is 0.417. The van der Waals surface area contributed by atoms with Gasteiger partial charge in [-0.2, -0.15) is 0 Å². The van der Waals surface area contributed by atoms with E-state index in [1.165, 1.54) is 0 Å². The molecule has 0 spiro atoms. The Morgan fingerprint density at radius 3 is 2.69 bits per heavy atom. The van der Waals surface area contributed by atoms with E-state index in [0.717, 1.165) is 16.5 Å². The van der Waals surface area contributed by atoms with E-state index in [0.29, 0.717) is 18.9 Å². The van der Waals surface area contributed by atoms with Gasteiger partial charge in [0.25, 0.3) is 0 Å². The lowest BCUT2D eigenvalue weighted by molar-refractivity contribution is -0.124. The van der Waals surface area contributed by atoms with E-state index in [-0.39, 0.29) is 11.9 Å². The molecule has 1 amide bonds. The first-order valence-corrected chi connectivity index (χ1v) is 6.23. The lowest BCUT2D eigenvalue weighted by atomic mass is 9.88. The molecule has 2 unspecified atom stereocenters. The zero-order chi connectivity index (χ0) is 11.5. The van der Waals surface area contributed by atoms with Gasteiger partial charge in [0.2, 0.25) is 5.91 Å². The average molecular weight is 283 g/mol. The molecule has 2 atom stereocenters. The predicted octanol–water partition coefficient (Wildman–Crippen LogP) is 1.98. The Morgan fingerprint density at radius 1 is 1.38 bits per heavy atom. The zero-order valence-electron chi connectivity index (χ0n) is 8.95. The maximum atomic E-state index is 11.5. The number of nitrogens with one attached hydrogen (secondary N) is 1.